The van der Waals surface area contributed by atoms with Gasteiger partial charge in [-0.3, -0.25) is 14.4 Å². The highest BCUT2D eigenvalue weighted by Gasteiger charge is 2.21. The summed E-state index contributed by atoms with van der Waals surface area (Å²) in [6.07, 6.45) is 1.13. The standard InChI is InChI=1S/C17H23N3O3/c1-15(22)20(13-16-5-3-2-4-6-16)8-7-17(23)19-11-9-18(14-21)10-12-19/h2-6,14H,7-13H2,1H3. The number of carbonyl (C=O) groups excluding carboxylic acids is 3. The highest BCUT2D eigenvalue weighted by molar-refractivity contribution is 5.78. The van der Waals surface area contributed by atoms with Crippen LogP contribution in [0.2, 0.25) is 0 Å². The highest BCUT2D eigenvalue weighted by Crippen LogP contribution is 2.08. The molecule has 124 valence electrons. The first-order valence-corrected chi connectivity index (χ1v) is 7.86. The molecule has 1 saturated heterocycles. The summed E-state index contributed by atoms with van der Waals surface area (Å²) < 4.78 is 0. The summed E-state index contributed by atoms with van der Waals surface area (Å²) in [6, 6.07) is 9.74. The Morgan fingerprint density at radius 2 is 1.78 bits per heavy atom. The van der Waals surface area contributed by atoms with Crippen LogP contribution in [-0.2, 0) is 20.9 Å². The molecule has 0 spiro atoms. The van der Waals surface area contributed by atoms with Crippen LogP contribution < -0.4 is 0 Å². The maximum atomic E-state index is 12.3. The fraction of sp³-hybridized carbons (Fsp3) is 0.471. The quantitative estimate of drug-likeness (QED) is 0.727. The van der Waals surface area contributed by atoms with Crippen molar-refractivity contribution in [2.75, 3.05) is 32.7 Å². The third-order valence-corrected chi connectivity index (χ3v) is 4.07. The number of piperazine rings is 1. The molecule has 0 aliphatic carbocycles. The Labute approximate surface area is 136 Å². The van der Waals surface area contributed by atoms with Crippen LogP contribution >= 0.6 is 0 Å². The van der Waals surface area contributed by atoms with Crippen LogP contribution in [0, 0.1) is 0 Å². The largest absolute Gasteiger partial charge is 0.342 e. The average molecular weight is 317 g/mol. The van der Waals surface area contributed by atoms with Gasteiger partial charge in [-0.2, -0.15) is 0 Å². The van der Waals surface area contributed by atoms with Crippen molar-refractivity contribution in [1.29, 1.82) is 0 Å². The molecule has 0 unspecified atom stereocenters. The van der Waals surface area contributed by atoms with Gasteiger partial charge in [0.05, 0.1) is 0 Å². The fourth-order valence-electron chi connectivity index (χ4n) is 2.62. The van der Waals surface area contributed by atoms with Crippen molar-refractivity contribution in [3.63, 3.8) is 0 Å². The molecule has 23 heavy (non-hydrogen) atoms. The highest BCUT2D eigenvalue weighted by atomic mass is 16.2. The molecule has 6 heteroatoms. The van der Waals surface area contributed by atoms with E-state index in [4.69, 9.17) is 0 Å². The minimum atomic E-state index is -0.0348. The van der Waals surface area contributed by atoms with Crippen LogP contribution in [0.3, 0.4) is 0 Å². The Bertz CT molecular complexity index is 539. The van der Waals surface area contributed by atoms with Crippen LogP contribution in [0.1, 0.15) is 18.9 Å². The molecule has 1 heterocycles. The SMILES string of the molecule is CC(=O)N(CCC(=O)N1CCN(C=O)CC1)Cc1ccccc1. The Hall–Kier alpha value is -2.37. The van der Waals surface area contributed by atoms with Crippen LogP contribution in [0.25, 0.3) is 0 Å². The van der Waals surface area contributed by atoms with Gasteiger partial charge in [0.25, 0.3) is 0 Å². The molecular formula is C17H23N3O3. The molecule has 3 amide bonds. The first-order chi connectivity index (χ1) is 11.1. The van der Waals surface area contributed by atoms with Crippen molar-refractivity contribution in [1.82, 2.24) is 14.7 Å². The van der Waals surface area contributed by atoms with Crippen molar-refractivity contribution in [2.24, 2.45) is 0 Å². The molecule has 6 nitrogen and oxygen atoms in total. The molecule has 0 radical (unpaired) electrons. The molecule has 0 N–H and O–H groups in total. The van der Waals surface area contributed by atoms with Crippen LogP contribution in [0.15, 0.2) is 30.3 Å². The molecule has 2 rings (SSSR count). The number of hydrogen-bond donors (Lipinski definition) is 0. The van der Waals surface area contributed by atoms with Crippen LogP contribution in [-0.4, -0.2) is 65.6 Å². The van der Waals surface area contributed by atoms with E-state index in [2.05, 4.69) is 0 Å². The monoisotopic (exact) mass is 317 g/mol. The second-order valence-corrected chi connectivity index (χ2v) is 5.70. The molecule has 1 aromatic rings. The number of amides is 3. The summed E-state index contributed by atoms with van der Waals surface area (Å²) in [7, 11) is 0. The lowest BCUT2D eigenvalue weighted by atomic mass is 10.2. The van der Waals surface area contributed by atoms with Gasteiger partial charge in [-0.05, 0) is 5.56 Å². The Morgan fingerprint density at radius 3 is 2.35 bits per heavy atom. The fourth-order valence-corrected chi connectivity index (χ4v) is 2.62. The number of benzene rings is 1. The number of rotatable bonds is 6. The van der Waals surface area contributed by atoms with Gasteiger partial charge in [-0.25, -0.2) is 0 Å². The lowest BCUT2D eigenvalue weighted by Gasteiger charge is -2.33. The van der Waals surface area contributed by atoms with Gasteiger partial charge in [-0.15, -0.1) is 0 Å². The zero-order valence-electron chi connectivity index (χ0n) is 13.5. The van der Waals surface area contributed by atoms with Crippen LogP contribution in [0.4, 0.5) is 0 Å². The van der Waals surface area contributed by atoms with E-state index in [0.29, 0.717) is 45.7 Å². The van der Waals surface area contributed by atoms with Gasteiger partial charge in [-0.1, -0.05) is 30.3 Å². The lowest BCUT2D eigenvalue weighted by Crippen LogP contribution is -2.48. The zero-order chi connectivity index (χ0) is 16.7. The van der Waals surface area contributed by atoms with Gasteiger partial charge in [0, 0.05) is 52.6 Å². The summed E-state index contributed by atoms with van der Waals surface area (Å²) in [4.78, 5) is 39.8. The molecule has 0 saturated carbocycles. The molecule has 1 fully saturated rings. The number of nitrogens with zero attached hydrogens (tertiary/aromatic N) is 3. The van der Waals surface area contributed by atoms with Gasteiger partial charge in [0.1, 0.15) is 0 Å². The molecular weight excluding hydrogens is 294 g/mol. The summed E-state index contributed by atoms with van der Waals surface area (Å²) in [5.74, 6) is 0.00212. The number of hydrogen-bond acceptors (Lipinski definition) is 3. The van der Waals surface area contributed by atoms with E-state index in [9.17, 15) is 14.4 Å². The summed E-state index contributed by atoms with van der Waals surface area (Å²) in [5, 5.41) is 0. The molecule has 1 aromatic carbocycles. The predicted octanol–water partition coefficient (Wildman–Crippen LogP) is 0.726. The molecule has 1 aliphatic rings. The summed E-state index contributed by atoms with van der Waals surface area (Å²) in [5.41, 5.74) is 1.05. The second kappa shape index (κ2) is 8.31. The Balaban J connectivity index is 1.83. The lowest BCUT2D eigenvalue weighted by molar-refractivity contribution is -0.136. The Morgan fingerprint density at radius 1 is 1.13 bits per heavy atom. The van der Waals surface area contributed by atoms with E-state index in [1.807, 2.05) is 30.3 Å². The predicted molar refractivity (Wildman–Crippen MR) is 86.4 cm³/mol. The molecule has 0 atom stereocenters. The van der Waals surface area contributed by atoms with E-state index < -0.39 is 0 Å². The summed E-state index contributed by atoms with van der Waals surface area (Å²) in [6.45, 7) is 4.74. The first kappa shape index (κ1) is 17.0. The second-order valence-electron chi connectivity index (χ2n) is 5.70. The zero-order valence-corrected chi connectivity index (χ0v) is 13.5. The van der Waals surface area contributed by atoms with E-state index >= 15 is 0 Å². The van der Waals surface area contributed by atoms with Gasteiger partial charge < -0.3 is 14.7 Å². The Kier molecular flexibility index (Phi) is 6.14. The molecule has 0 bridgehead atoms. The maximum absolute atomic E-state index is 12.3. The van der Waals surface area contributed by atoms with Crippen LogP contribution in [0.5, 0.6) is 0 Å². The third-order valence-electron chi connectivity index (χ3n) is 4.07. The van der Waals surface area contributed by atoms with E-state index in [0.717, 1.165) is 12.0 Å². The van der Waals surface area contributed by atoms with Crippen molar-refractivity contribution in [3.05, 3.63) is 35.9 Å². The average Bonchev–Trinajstić information content (AvgIpc) is 2.59. The van der Waals surface area contributed by atoms with Crippen molar-refractivity contribution in [2.45, 2.75) is 19.9 Å². The van der Waals surface area contributed by atoms with Gasteiger partial charge >= 0.3 is 0 Å². The van der Waals surface area contributed by atoms with E-state index in [1.165, 1.54) is 6.92 Å². The smallest absolute Gasteiger partial charge is 0.224 e. The van der Waals surface area contributed by atoms with Gasteiger partial charge in [0.2, 0.25) is 18.2 Å². The third kappa shape index (κ3) is 5.09. The first-order valence-electron chi connectivity index (χ1n) is 7.86. The maximum Gasteiger partial charge on any atom is 0.224 e. The van der Waals surface area contributed by atoms with E-state index in [-0.39, 0.29) is 11.8 Å². The minimum Gasteiger partial charge on any atom is -0.342 e. The topological polar surface area (TPSA) is 60.9 Å². The summed E-state index contributed by atoms with van der Waals surface area (Å²) >= 11 is 0. The van der Waals surface area contributed by atoms with Crippen molar-refractivity contribution >= 4 is 18.2 Å². The van der Waals surface area contributed by atoms with Gasteiger partial charge in [0.15, 0.2) is 0 Å². The molecule has 0 aromatic heterocycles. The normalized spacial score (nSPS) is 14.5. The van der Waals surface area contributed by atoms with Crippen molar-refractivity contribution < 1.29 is 14.4 Å². The van der Waals surface area contributed by atoms with E-state index in [1.54, 1.807) is 14.7 Å². The minimum absolute atomic E-state index is 0.0348. The van der Waals surface area contributed by atoms with Crippen molar-refractivity contribution in [3.8, 4) is 0 Å². The number of carbonyl (C=O) groups is 3. The molecule has 1 aliphatic heterocycles.